The minimum Gasteiger partial charge on any atom is -0.492 e. The maximum absolute atomic E-state index is 11.5. The number of nitrogens with two attached hydrogens (primary N) is 1. The molecule has 0 radical (unpaired) electrons. The Balaban J connectivity index is 1.82. The predicted octanol–water partition coefficient (Wildman–Crippen LogP) is 1.51. The zero-order chi connectivity index (χ0) is 15.1. The van der Waals surface area contributed by atoms with Gasteiger partial charge in [0.15, 0.2) is 0 Å². The lowest BCUT2D eigenvalue weighted by molar-refractivity contribution is 0.0958. The fraction of sp³-hybridized carbons (Fsp3) is 0.200. The predicted molar refractivity (Wildman–Crippen MR) is 82.5 cm³/mol. The minimum absolute atomic E-state index is 0.213. The van der Waals surface area contributed by atoms with Crippen LogP contribution in [0, 0.1) is 0 Å². The largest absolute Gasteiger partial charge is 0.492 e. The van der Waals surface area contributed by atoms with Crippen LogP contribution in [0.15, 0.2) is 42.6 Å². The molecule has 0 aliphatic carbocycles. The number of carbonyl (C=O) groups excluding carboxylic acids is 1. The number of amides is 1. The van der Waals surface area contributed by atoms with Crippen LogP contribution in [0.25, 0.3) is 0 Å². The molecule has 0 atom stereocenters. The number of anilines is 2. The van der Waals surface area contributed by atoms with Gasteiger partial charge in [0.2, 0.25) is 0 Å². The molecule has 0 fully saturated rings. The summed E-state index contributed by atoms with van der Waals surface area (Å²) in [5.74, 6) is 0.521. The maximum Gasteiger partial charge on any atom is 0.269 e. The third-order valence-electron chi connectivity index (χ3n) is 2.78. The van der Waals surface area contributed by atoms with Crippen molar-refractivity contribution >= 4 is 17.3 Å². The number of nitrogens with one attached hydrogen (secondary N) is 2. The number of carbonyl (C=O) groups is 1. The van der Waals surface area contributed by atoms with E-state index < -0.39 is 0 Å². The van der Waals surface area contributed by atoms with Crippen LogP contribution in [0.4, 0.5) is 11.4 Å². The first kappa shape index (κ1) is 14.6. The quantitative estimate of drug-likeness (QED) is 0.553. The van der Waals surface area contributed by atoms with Crippen LogP contribution in [-0.4, -0.2) is 31.1 Å². The Hall–Kier alpha value is -2.76. The second-order valence-corrected chi connectivity index (χ2v) is 4.36. The number of pyridine rings is 1. The zero-order valence-corrected chi connectivity index (χ0v) is 11.8. The third kappa shape index (κ3) is 4.38. The zero-order valence-electron chi connectivity index (χ0n) is 11.8. The molecule has 0 aliphatic heterocycles. The molecule has 1 aromatic carbocycles. The van der Waals surface area contributed by atoms with E-state index in [2.05, 4.69) is 15.6 Å². The highest BCUT2D eigenvalue weighted by atomic mass is 16.5. The number of ether oxygens (including phenoxy) is 1. The van der Waals surface area contributed by atoms with Crippen molar-refractivity contribution in [1.82, 2.24) is 10.3 Å². The molecule has 1 aromatic heterocycles. The maximum atomic E-state index is 11.5. The van der Waals surface area contributed by atoms with Gasteiger partial charge in [-0.05, 0) is 24.3 Å². The topological polar surface area (TPSA) is 89.3 Å². The fourth-order valence-corrected chi connectivity index (χ4v) is 1.76. The van der Waals surface area contributed by atoms with E-state index in [0.29, 0.717) is 24.5 Å². The van der Waals surface area contributed by atoms with Gasteiger partial charge in [0.1, 0.15) is 18.1 Å². The Labute approximate surface area is 123 Å². The molecular weight excluding hydrogens is 268 g/mol. The molecule has 6 nitrogen and oxygen atoms in total. The van der Waals surface area contributed by atoms with Crippen LogP contribution in [0.2, 0.25) is 0 Å². The standard InChI is InChI=1S/C15H18N4O2/c1-17-15(20)14-10-12(5-6-19-14)18-7-8-21-13-4-2-3-11(16)9-13/h2-6,9-10H,7-8,16H2,1H3,(H,17,20)(H,18,19). The van der Waals surface area contributed by atoms with E-state index in [1.807, 2.05) is 18.2 Å². The lowest BCUT2D eigenvalue weighted by atomic mass is 10.3. The number of hydrogen-bond acceptors (Lipinski definition) is 5. The first-order chi connectivity index (χ1) is 10.2. The number of nitrogen functional groups attached to an aromatic ring is 1. The fourth-order valence-electron chi connectivity index (χ4n) is 1.76. The summed E-state index contributed by atoms with van der Waals surface area (Å²) < 4.78 is 5.57. The highest BCUT2D eigenvalue weighted by Gasteiger charge is 2.04. The van der Waals surface area contributed by atoms with E-state index in [0.717, 1.165) is 11.4 Å². The Kier molecular flexibility index (Phi) is 4.98. The minimum atomic E-state index is -0.213. The van der Waals surface area contributed by atoms with Crippen molar-refractivity contribution in [2.24, 2.45) is 0 Å². The van der Waals surface area contributed by atoms with Crippen LogP contribution in [0.1, 0.15) is 10.5 Å². The molecule has 0 saturated carbocycles. The lowest BCUT2D eigenvalue weighted by Crippen LogP contribution is -2.19. The first-order valence-corrected chi connectivity index (χ1v) is 6.59. The third-order valence-corrected chi connectivity index (χ3v) is 2.78. The monoisotopic (exact) mass is 286 g/mol. The molecule has 2 rings (SSSR count). The molecule has 0 unspecified atom stereocenters. The van der Waals surface area contributed by atoms with Gasteiger partial charge in [-0.15, -0.1) is 0 Å². The second-order valence-electron chi connectivity index (χ2n) is 4.36. The molecule has 0 saturated heterocycles. The van der Waals surface area contributed by atoms with E-state index in [1.54, 1.807) is 31.4 Å². The van der Waals surface area contributed by atoms with Crippen molar-refractivity contribution in [1.29, 1.82) is 0 Å². The van der Waals surface area contributed by atoms with Crippen LogP contribution in [0.3, 0.4) is 0 Å². The summed E-state index contributed by atoms with van der Waals surface area (Å²) in [6, 6.07) is 10.8. The highest BCUT2D eigenvalue weighted by Crippen LogP contribution is 2.14. The molecule has 1 heterocycles. The summed E-state index contributed by atoms with van der Waals surface area (Å²) in [5.41, 5.74) is 7.54. The lowest BCUT2D eigenvalue weighted by Gasteiger charge is -2.09. The molecule has 4 N–H and O–H groups in total. The Morgan fingerprint density at radius 3 is 2.95 bits per heavy atom. The van der Waals surface area contributed by atoms with Crippen molar-refractivity contribution in [3.8, 4) is 5.75 Å². The SMILES string of the molecule is CNC(=O)c1cc(NCCOc2cccc(N)c2)ccn1. The van der Waals surface area contributed by atoms with Gasteiger partial charge in [-0.3, -0.25) is 9.78 Å². The molecule has 0 bridgehead atoms. The van der Waals surface area contributed by atoms with Crippen molar-refractivity contribution in [3.05, 3.63) is 48.3 Å². The Bertz CT molecular complexity index is 616. The summed E-state index contributed by atoms with van der Waals surface area (Å²) >= 11 is 0. The number of rotatable bonds is 6. The second kappa shape index (κ2) is 7.14. The molecule has 0 spiro atoms. The summed E-state index contributed by atoms with van der Waals surface area (Å²) in [4.78, 5) is 15.5. The van der Waals surface area contributed by atoms with E-state index in [1.165, 1.54) is 0 Å². The molecule has 0 aliphatic rings. The molecule has 1 amide bonds. The van der Waals surface area contributed by atoms with Crippen molar-refractivity contribution < 1.29 is 9.53 Å². The average molecular weight is 286 g/mol. The van der Waals surface area contributed by atoms with Crippen molar-refractivity contribution in [3.63, 3.8) is 0 Å². The van der Waals surface area contributed by atoms with E-state index >= 15 is 0 Å². The van der Waals surface area contributed by atoms with Gasteiger partial charge >= 0.3 is 0 Å². The molecular formula is C15H18N4O2. The van der Waals surface area contributed by atoms with Gasteiger partial charge in [-0.1, -0.05) is 6.07 Å². The summed E-state index contributed by atoms with van der Waals surface area (Å²) in [7, 11) is 1.57. The highest BCUT2D eigenvalue weighted by molar-refractivity contribution is 5.92. The van der Waals surface area contributed by atoms with E-state index in [9.17, 15) is 4.79 Å². The van der Waals surface area contributed by atoms with Crippen molar-refractivity contribution in [2.45, 2.75) is 0 Å². The number of hydrogen-bond donors (Lipinski definition) is 3. The summed E-state index contributed by atoms with van der Waals surface area (Å²) in [5, 5.41) is 5.71. The van der Waals surface area contributed by atoms with E-state index in [-0.39, 0.29) is 5.91 Å². The Morgan fingerprint density at radius 1 is 1.33 bits per heavy atom. The summed E-state index contributed by atoms with van der Waals surface area (Å²) in [6.45, 7) is 1.09. The number of aromatic nitrogens is 1. The smallest absolute Gasteiger partial charge is 0.269 e. The van der Waals surface area contributed by atoms with Gasteiger partial charge in [0, 0.05) is 37.2 Å². The van der Waals surface area contributed by atoms with Gasteiger partial charge < -0.3 is 21.1 Å². The normalized spacial score (nSPS) is 9.95. The van der Waals surface area contributed by atoms with Gasteiger partial charge in [0.25, 0.3) is 5.91 Å². The van der Waals surface area contributed by atoms with Crippen LogP contribution >= 0.6 is 0 Å². The van der Waals surface area contributed by atoms with Crippen LogP contribution in [-0.2, 0) is 0 Å². The molecule has 21 heavy (non-hydrogen) atoms. The number of benzene rings is 1. The first-order valence-electron chi connectivity index (χ1n) is 6.59. The van der Waals surface area contributed by atoms with Crippen molar-refractivity contribution in [2.75, 3.05) is 31.2 Å². The molecule has 110 valence electrons. The van der Waals surface area contributed by atoms with Crippen LogP contribution in [0.5, 0.6) is 5.75 Å². The van der Waals surface area contributed by atoms with Gasteiger partial charge in [-0.2, -0.15) is 0 Å². The van der Waals surface area contributed by atoms with E-state index in [4.69, 9.17) is 10.5 Å². The summed E-state index contributed by atoms with van der Waals surface area (Å²) in [6.07, 6.45) is 1.59. The average Bonchev–Trinajstić information content (AvgIpc) is 2.51. The molecule has 6 heteroatoms. The van der Waals surface area contributed by atoms with Gasteiger partial charge in [0.05, 0.1) is 0 Å². The van der Waals surface area contributed by atoms with Crippen LogP contribution < -0.4 is 21.1 Å². The number of nitrogens with zero attached hydrogens (tertiary/aromatic N) is 1. The van der Waals surface area contributed by atoms with Gasteiger partial charge in [-0.25, -0.2) is 0 Å². The molecule has 2 aromatic rings. The Morgan fingerprint density at radius 2 is 2.19 bits per heavy atom.